The average molecular weight is 203 g/mol. The van der Waals surface area contributed by atoms with Crippen molar-refractivity contribution in [1.29, 1.82) is 0 Å². The maximum atomic E-state index is 5.39. The van der Waals surface area contributed by atoms with Gasteiger partial charge in [0.2, 0.25) is 5.71 Å². The molecular weight excluding hydrogens is 186 g/mol. The molecule has 0 unspecified atom stereocenters. The van der Waals surface area contributed by atoms with E-state index in [0.717, 1.165) is 18.6 Å². The molecule has 80 valence electrons. The van der Waals surface area contributed by atoms with E-state index in [1.165, 1.54) is 16.5 Å². The molecule has 15 heavy (non-hydrogen) atoms. The maximum Gasteiger partial charge on any atom is 0.226 e. The number of nitrogens with zero attached hydrogens (tertiary/aromatic N) is 1. The second-order valence-corrected chi connectivity index (χ2v) is 4.41. The molecule has 0 spiro atoms. The predicted octanol–water partition coefficient (Wildman–Crippen LogP) is 3.59. The number of aromatic nitrogens is 1. The Bertz CT molecular complexity index is 457. The molecule has 0 saturated carbocycles. The highest BCUT2D eigenvalue weighted by Gasteiger charge is 2.07. The minimum absolute atomic E-state index is 0.668. The normalized spacial score (nSPS) is 11.5. The van der Waals surface area contributed by atoms with Crippen LogP contribution in [0.25, 0.3) is 11.1 Å². The Morgan fingerprint density at radius 3 is 2.87 bits per heavy atom. The molecule has 0 atom stereocenters. The molecule has 0 aliphatic heterocycles. The smallest absolute Gasteiger partial charge is 0.226 e. The van der Waals surface area contributed by atoms with Crippen molar-refractivity contribution in [3.63, 3.8) is 0 Å². The van der Waals surface area contributed by atoms with Gasteiger partial charge < -0.3 is 4.42 Å². The van der Waals surface area contributed by atoms with Crippen LogP contribution in [0.5, 0.6) is 0 Å². The summed E-state index contributed by atoms with van der Waals surface area (Å²) in [5, 5.41) is 1.18. The van der Waals surface area contributed by atoms with Crippen molar-refractivity contribution in [2.24, 2.45) is 5.92 Å². The van der Waals surface area contributed by atoms with Gasteiger partial charge in [0.25, 0.3) is 0 Å². The van der Waals surface area contributed by atoms with Gasteiger partial charge in [0.1, 0.15) is 0 Å². The predicted molar refractivity (Wildman–Crippen MR) is 61.9 cm³/mol. The number of hydrogen-bond donors (Lipinski definition) is 0. The second-order valence-electron chi connectivity index (χ2n) is 4.41. The highest BCUT2D eigenvalue weighted by molar-refractivity contribution is 5.78. The van der Waals surface area contributed by atoms with Gasteiger partial charge in [-0.15, -0.1) is 0 Å². The van der Waals surface area contributed by atoms with Gasteiger partial charge in [-0.1, -0.05) is 20.8 Å². The van der Waals surface area contributed by atoms with Gasteiger partial charge in [0.05, 0.1) is 6.26 Å². The van der Waals surface area contributed by atoms with Crippen LogP contribution in [0.3, 0.4) is 0 Å². The van der Waals surface area contributed by atoms with Gasteiger partial charge in [0, 0.05) is 11.6 Å². The summed E-state index contributed by atoms with van der Waals surface area (Å²) in [5.74, 6) is 0.668. The quantitative estimate of drug-likeness (QED) is 0.762. The molecule has 0 aliphatic carbocycles. The van der Waals surface area contributed by atoms with Gasteiger partial charge in [-0.3, -0.25) is 0 Å². The standard InChI is InChI=1S/C13H17NO/c1-4-11-8-15-13-12(11)6-10(7-14-13)5-9(2)3/h6-9H,4-5H2,1-3H3. The van der Waals surface area contributed by atoms with Crippen LogP contribution >= 0.6 is 0 Å². The summed E-state index contributed by atoms with van der Waals surface area (Å²) in [6.07, 6.45) is 5.82. The topological polar surface area (TPSA) is 26.0 Å². The van der Waals surface area contributed by atoms with E-state index >= 15 is 0 Å². The summed E-state index contributed by atoms with van der Waals surface area (Å²) in [6.45, 7) is 6.58. The summed E-state index contributed by atoms with van der Waals surface area (Å²) < 4.78 is 5.39. The van der Waals surface area contributed by atoms with E-state index in [0.29, 0.717) is 5.92 Å². The summed E-state index contributed by atoms with van der Waals surface area (Å²) in [6, 6.07) is 2.21. The highest BCUT2D eigenvalue weighted by Crippen LogP contribution is 2.21. The molecule has 0 amide bonds. The van der Waals surface area contributed by atoms with Crippen molar-refractivity contribution in [1.82, 2.24) is 4.98 Å². The number of fused-ring (bicyclic) bond motifs is 1. The molecule has 2 nitrogen and oxygen atoms in total. The van der Waals surface area contributed by atoms with E-state index in [-0.39, 0.29) is 0 Å². The molecule has 0 N–H and O–H groups in total. The number of aryl methyl sites for hydroxylation is 1. The average Bonchev–Trinajstić information content (AvgIpc) is 2.59. The second kappa shape index (κ2) is 4.05. The first kappa shape index (κ1) is 10.2. The lowest BCUT2D eigenvalue weighted by molar-refractivity contribution is 0.597. The Morgan fingerprint density at radius 1 is 1.40 bits per heavy atom. The van der Waals surface area contributed by atoms with Gasteiger partial charge in [-0.2, -0.15) is 0 Å². The fourth-order valence-electron chi connectivity index (χ4n) is 1.87. The Hall–Kier alpha value is -1.31. The first-order chi connectivity index (χ1) is 7.20. The molecule has 2 heterocycles. The molecule has 2 aromatic heterocycles. The molecule has 2 aromatic rings. The van der Waals surface area contributed by atoms with E-state index in [1.807, 2.05) is 12.5 Å². The molecule has 0 bridgehead atoms. The molecular formula is C13H17NO. The molecule has 2 heteroatoms. The summed E-state index contributed by atoms with van der Waals surface area (Å²) in [5.41, 5.74) is 3.32. The maximum absolute atomic E-state index is 5.39. The first-order valence-electron chi connectivity index (χ1n) is 5.55. The van der Waals surface area contributed by atoms with Gasteiger partial charge in [-0.25, -0.2) is 4.98 Å². The van der Waals surface area contributed by atoms with Crippen molar-refractivity contribution >= 4 is 11.1 Å². The third-order valence-electron chi connectivity index (χ3n) is 2.59. The van der Waals surface area contributed by atoms with Crippen LogP contribution in [-0.2, 0) is 12.8 Å². The van der Waals surface area contributed by atoms with Crippen molar-refractivity contribution in [2.75, 3.05) is 0 Å². The molecule has 0 aliphatic rings. The lowest BCUT2D eigenvalue weighted by atomic mass is 10.0. The molecule has 0 fully saturated rings. The number of hydrogen-bond acceptors (Lipinski definition) is 2. The van der Waals surface area contributed by atoms with Crippen LogP contribution < -0.4 is 0 Å². The lowest BCUT2D eigenvalue weighted by Gasteiger charge is -2.04. The minimum Gasteiger partial charge on any atom is -0.446 e. The first-order valence-corrected chi connectivity index (χ1v) is 5.55. The zero-order valence-electron chi connectivity index (χ0n) is 9.58. The van der Waals surface area contributed by atoms with Gasteiger partial charge in [0.15, 0.2) is 0 Å². The summed E-state index contributed by atoms with van der Waals surface area (Å²) >= 11 is 0. The number of furan rings is 1. The third kappa shape index (κ3) is 2.04. The fourth-order valence-corrected chi connectivity index (χ4v) is 1.87. The van der Waals surface area contributed by atoms with Crippen molar-refractivity contribution in [3.05, 3.63) is 29.7 Å². The van der Waals surface area contributed by atoms with Crippen LogP contribution in [0.2, 0.25) is 0 Å². The molecule has 0 aromatic carbocycles. The monoisotopic (exact) mass is 203 g/mol. The number of rotatable bonds is 3. The zero-order chi connectivity index (χ0) is 10.8. The van der Waals surface area contributed by atoms with E-state index in [9.17, 15) is 0 Å². The minimum atomic E-state index is 0.668. The lowest BCUT2D eigenvalue weighted by Crippen LogP contribution is -1.94. The molecule has 0 saturated heterocycles. The van der Waals surface area contributed by atoms with Gasteiger partial charge >= 0.3 is 0 Å². The van der Waals surface area contributed by atoms with Crippen LogP contribution in [0.4, 0.5) is 0 Å². The summed E-state index contributed by atoms with van der Waals surface area (Å²) in [4.78, 5) is 4.34. The highest BCUT2D eigenvalue weighted by atomic mass is 16.3. The van der Waals surface area contributed by atoms with Crippen LogP contribution in [0.1, 0.15) is 31.9 Å². The van der Waals surface area contributed by atoms with Crippen LogP contribution in [0.15, 0.2) is 22.9 Å². The van der Waals surface area contributed by atoms with Crippen molar-refractivity contribution in [2.45, 2.75) is 33.6 Å². The van der Waals surface area contributed by atoms with E-state index in [1.54, 1.807) is 0 Å². The number of pyridine rings is 1. The SMILES string of the molecule is CCc1coc2ncc(CC(C)C)cc12. The van der Waals surface area contributed by atoms with E-state index in [4.69, 9.17) is 4.42 Å². The Labute approximate surface area is 90.3 Å². The van der Waals surface area contributed by atoms with Crippen LogP contribution in [-0.4, -0.2) is 4.98 Å². The van der Waals surface area contributed by atoms with Crippen molar-refractivity contribution in [3.8, 4) is 0 Å². The third-order valence-corrected chi connectivity index (χ3v) is 2.59. The van der Waals surface area contributed by atoms with Gasteiger partial charge in [-0.05, 0) is 36.0 Å². The zero-order valence-corrected chi connectivity index (χ0v) is 9.58. The largest absolute Gasteiger partial charge is 0.446 e. The molecule has 0 radical (unpaired) electrons. The molecule has 2 rings (SSSR count). The summed E-state index contributed by atoms with van der Waals surface area (Å²) in [7, 11) is 0. The Balaban J connectivity index is 2.43. The fraction of sp³-hybridized carbons (Fsp3) is 0.462. The van der Waals surface area contributed by atoms with Crippen molar-refractivity contribution < 1.29 is 4.42 Å². The Kier molecular flexibility index (Phi) is 2.76. The van der Waals surface area contributed by atoms with E-state index < -0.39 is 0 Å². The Morgan fingerprint density at radius 2 is 2.20 bits per heavy atom. The van der Waals surface area contributed by atoms with Crippen LogP contribution in [0, 0.1) is 5.92 Å². The van der Waals surface area contributed by atoms with E-state index in [2.05, 4.69) is 31.8 Å².